The molecule has 2 unspecified atom stereocenters. The maximum absolute atomic E-state index is 12.3. The van der Waals surface area contributed by atoms with Crippen molar-refractivity contribution in [2.45, 2.75) is 24.0 Å². The Labute approximate surface area is 94.3 Å². The molecule has 0 spiro atoms. The second-order valence-corrected chi connectivity index (χ2v) is 4.46. The first-order valence-corrected chi connectivity index (χ1v) is 5.35. The lowest BCUT2D eigenvalue weighted by Crippen LogP contribution is -2.26. The second kappa shape index (κ2) is 4.45. The zero-order chi connectivity index (χ0) is 13.4. The predicted molar refractivity (Wildman–Crippen MR) is 47.5 cm³/mol. The van der Waals surface area contributed by atoms with E-state index in [1.54, 1.807) is 0 Å². The molecule has 0 saturated heterocycles. The fourth-order valence-corrected chi connectivity index (χ4v) is 1.86. The maximum atomic E-state index is 12.3. The molecule has 0 saturated carbocycles. The first-order valence-electron chi connectivity index (χ1n) is 4.18. The minimum Gasteiger partial charge on any atom is -0.306 e. The molecule has 0 heterocycles. The van der Waals surface area contributed by atoms with Crippen LogP contribution in [0, 0.1) is 0 Å². The lowest BCUT2D eigenvalue weighted by molar-refractivity contribution is -0.0985. The zero-order valence-electron chi connectivity index (χ0n) is 7.97. The van der Waals surface area contributed by atoms with E-state index in [4.69, 9.17) is 4.55 Å². The summed E-state index contributed by atoms with van der Waals surface area (Å²) in [6.07, 6.45) is -10.6. The summed E-state index contributed by atoms with van der Waals surface area (Å²) >= 11 is -2.78. The van der Waals surface area contributed by atoms with Gasteiger partial charge < -0.3 is 4.55 Å². The average Bonchev–Trinajstić information content (AvgIpc) is 2.14. The van der Waals surface area contributed by atoms with Crippen LogP contribution >= 0.6 is 0 Å². The van der Waals surface area contributed by atoms with Crippen molar-refractivity contribution in [2.24, 2.45) is 0 Å². The van der Waals surface area contributed by atoms with Crippen molar-refractivity contribution in [1.29, 1.82) is 0 Å². The van der Waals surface area contributed by atoms with Crippen molar-refractivity contribution in [3.63, 3.8) is 0 Å². The van der Waals surface area contributed by atoms with E-state index in [1.165, 1.54) is 0 Å². The van der Waals surface area contributed by atoms with Crippen LogP contribution in [0.25, 0.3) is 0 Å². The minimum atomic E-state index is -4.98. The van der Waals surface area contributed by atoms with Gasteiger partial charge in [-0.3, -0.25) is 0 Å². The van der Waals surface area contributed by atoms with E-state index in [2.05, 4.69) is 0 Å². The highest BCUT2D eigenvalue weighted by molar-refractivity contribution is 7.80. The zero-order valence-corrected chi connectivity index (χ0v) is 8.79. The quantitative estimate of drug-likeness (QED) is 0.592. The van der Waals surface area contributed by atoms with E-state index in [0.717, 1.165) is 0 Å². The fourth-order valence-electron chi connectivity index (χ4n) is 1.27. The normalized spacial score (nSPS) is 24.1. The van der Waals surface area contributed by atoms with Gasteiger partial charge in [0.1, 0.15) is 0 Å². The molecule has 1 rings (SSSR count). The highest BCUT2D eigenvalue weighted by atomic mass is 32.2. The van der Waals surface area contributed by atoms with Crippen LogP contribution in [-0.2, 0) is 11.1 Å². The van der Waals surface area contributed by atoms with Crippen molar-refractivity contribution in [1.82, 2.24) is 0 Å². The van der Waals surface area contributed by atoms with Crippen LogP contribution < -0.4 is 0 Å². The Kier molecular flexibility index (Phi) is 3.72. The molecule has 1 aliphatic rings. The SMILES string of the molecule is O=S(O)C1C=C(C(F)(F)F)C=C(C(F)(F)F)C1. The molecule has 2 nitrogen and oxygen atoms in total. The molecule has 1 N–H and O–H groups in total. The highest BCUT2D eigenvalue weighted by Crippen LogP contribution is 2.38. The summed E-state index contributed by atoms with van der Waals surface area (Å²) in [5.41, 5.74) is -3.01. The molecule has 98 valence electrons. The first kappa shape index (κ1) is 14.2. The molecule has 0 aliphatic heterocycles. The third-order valence-corrected chi connectivity index (χ3v) is 2.89. The van der Waals surface area contributed by atoms with Crippen LogP contribution in [0.5, 0.6) is 0 Å². The van der Waals surface area contributed by atoms with Crippen LogP contribution in [-0.4, -0.2) is 26.4 Å². The standard InChI is InChI=1S/C8H6F6O2S/c9-7(10,11)4-1-5(8(12,13)14)3-6(2-4)17(15)16/h1-2,6H,3H2,(H,15,16). The van der Waals surface area contributed by atoms with E-state index in [9.17, 15) is 30.6 Å². The summed E-state index contributed by atoms with van der Waals surface area (Å²) in [6, 6.07) is 0. The van der Waals surface area contributed by atoms with Crippen LogP contribution in [0.3, 0.4) is 0 Å². The van der Waals surface area contributed by atoms with Gasteiger partial charge in [0.2, 0.25) is 0 Å². The lowest BCUT2D eigenvalue weighted by Gasteiger charge is -2.22. The maximum Gasteiger partial charge on any atom is 0.416 e. The van der Waals surface area contributed by atoms with E-state index in [-0.39, 0.29) is 6.08 Å². The minimum absolute atomic E-state index is 0.0383. The van der Waals surface area contributed by atoms with Crippen LogP contribution in [0.15, 0.2) is 23.3 Å². The van der Waals surface area contributed by atoms with E-state index in [0.29, 0.717) is 6.08 Å². The van der Waals surface area contributed by atoms with Crippen LogP contribution in [0.2, 0.25) is 0 Å². The van der Waals surface area contributed by atoms with Crippen molar-refractivity contribution in [3.05, 3.63) is 23.3 Å². The van der Waals surface area contributed by atoms with Crippen LogP contribution in [0.4, 0.5) is 26.3 Å². The Hall–Kier alpha value is -0.830. The van der Waals surface area contributed by atoms with Crippen molar-refractivity contribution in [3.8, 4) is 0 Å². The topological polar surface area (TPSA) is 37.3 Å². The van der Waals surface area contributed by atoms with E-state index < -0.39 is 46.3 Å². The number of alkyl halides is 6. The van der Waals surface area contributed by atoms with E-state index >= 15 is 0 Å². The number of hydrogen-bond acceptors (Lipinski definition) is 1. The largest absolute Gasteiger partial charge is 0.416 e. The van der Waals surface area contributed by atoms with Gasteiger partial charge in [0.05, 0.1) is 10.8 Å². The number of allylic oxidation sites excluding steroid dienone is 3. The molecule has 0 aromatic rings. The third-order valence-electron chi connectivity index (χ3n) is 2.07. The predicted octanol–water partition coefficient (Wildman–Crippen LogP) is 2.96. The van der Waals surface area contributed by atoms with Gasteiger partial charge in [-0.25, -0.2) is 4.21 Å². The molecule has 0 radical (unpaired) electrons. The third kappa shape index (κ3) is 3.56. The monoisotopic (exact) mass is 280 g/mol. The summed E-state index contributed by atoms with van der Waals surface area (Å²) in [7, 11) is 0. The van der Waals surface area contributed by atoms with Crippen molar-refractivity contribution in [2.75, 3.05) is 0 Å². The highest BCUT2D eigenvalue weighted by Gasteiger charge is 2.42. The van der Waals surface area contributed by atoms with Gasteiger partial charge in [-0.2, -0.15) is 26.3 Å². The molecule has 0 amide bonds. The van der Waals surface area contributed by atoms with Gasteiger partial charge in [-0.15, -0.1) is 0 Å². The summed E-state index contributed by atoms with van der Waals surface area (Å²) in [4.78, 5) is 0. The van der Waals surface area contributed by atoms with Gasteiger partial charge >= 0.3 is 12.4 Å². The number of halogens is 6. The second-order valence-electron chi connectivity index (χ2n) is 3.31. The Morgan fingerprint density at radius 3 is 2.06 bits per heavy atom. The molecular formula is C8H6F6O2S. The lowest BCUT2D eigenvalue weighted by atomic mass is 9.98. The Bertz CT molecular complexity index is 392. The van der Waals surface area contributed by atoms with E-state index in [1.807, 2.05) is 0 Å². The van der Waals surface area contributed by atoms with Crippen LogP contribution in [0.1, 0.15) is 6.42 Å². The summed E-state index contributed by atoms with van der Waals surface area (Å²) in [5.74, 6) is 0. The van der Waals surface area contributed by atoms with Crippen molar-refractivity contribution >= 4 is 11.1 Å². The van der Waals surface area contributed by atoms with Gasteiger partial charge in [0.25, 0.3) is 0 Å². The Morgan fingerprint density at radius 2 is 1.71 bits per heavy atom. The number of rotatable bonds is 1. The molecule has 9 heteroatoms. The Balaban J connectivity index is 3.17. The summed E-state index contributed by atoms with van der Waals surface area (Å²) in [6.45, 7) is 0. The van der Waals surface area contributed by atoms with Gasteiger partial charge in [-0.1, -0.05) is 6.08 Å². The Morgan fingerprint density at radius 1 is 1.18 bits per heavy atom. The molecule has 0 fully saturated rings. The molecule has 0 aromatic carbocycles. The molecular weight excluding hydrogens is 274 g/mol. The average molecular weight is 280 g/mol. The molecule has 0 aromatic heterocycles. The van der Waals surface area contributed by atoms with Gasteiger partial charge in [0.15, 0.2) is 11.1 Å². The van der Waals surface area contributed by atoms with Crippen molar-refractivity contribution < 1.29 is 35.1 Å². The smallest absolute Gasteiger partial charge is 0.306 e. The van der Waals surface area contributed by atoms with Gasteiger partial charge in [0, 0.05) is 5.57 Å². The molecule has 17 heavy (non-hydrogen) atoms. The van der Waals surface area contributed by atoms with Gasteiger partial charge in [-0.05, 0) is 12.5 Å². The first-order chi connectivity index (χ1) is 7.51. The number of hydrogen-bond donors (Lipinski definition) is 1. The summed E-state index contributed by atoms with van der Waals surface area (Å²) < 4.78 is 92.9. The fraction of sp³-hybridized carbons (Fsp3) is 0.500. The molecule has 2 atom stereocenters. The summed E-state index contributed by atoms with van der Waals surface area (Å²) in [5, 5.41) is -1.70. The molecule has 1 aliphatic carbocycles. The molecule has 0 bridgehead atoms.